The molecule has 0 amide bonds. The van der Waals surface area contributed by atoms with Gasteiger partial charge in [0.2, 0.25) is 0 Å². The second kappa shape index (κ2) is 5.88. The minimum Gasteiger partial charge on any atom is -0.480 e. The van der Waals surface area contributed by atoms with Gasteiger partial charge in [-0.2, -0.15) is 13.2 Å². The van der Waals surface area contributed by atoms with Gasteiger partial charge in [-0.1, -0.05) is 0 Å². The number of carbonyl (C=O) groups is 1. The number of halogens is 3. The van der Waals surface area contributed by atoms with Gasteiger partial charge in [-0.3, -0.25) is 9.69 Å². The highest BCUT2D eigenvalue weighted by Gasteiger charge is 2.32. The van der Waals surface area contributed by atoms with Crippen LogP contribution in [0.1, 0.15) is 12.5 Å². The summed E-state index contributed by atoms with van der Waals surface area (Å²) in [4.78, 5) is 18.4. The number of carboxylic acid groups (broad SMARTS) is 1. The first-order valence-corrected chi connectivity index (χ1v) is 6.54. The average molecular weight is 303 g/mol. The Morgan fingerprint density at radius 3 is 2.48 bits per heavy atom. The second-order valence-electron chi connectivity index (χ2n) is 4.94. The third-order valence-corrected chi connectivity index (χ3v) is 3.62. The summed E-state index contributed by atoms with van der Waals surface area (Å²) in [6.45, 7) is 3.45. The van der Waals surface area contributed by atoms with Crippen LogP contribution in [-0.2, 0) is 11.0 Å². The summed E-state index contributed by atoms with van der Waals surface area (Å²) in [7, 11) is 0. The van der Waals surface area contributed by atoms with Gasteiger partial charge in [0.1, 0.15) is 11.9 Å². The molecule has 116 valence electrons. The van der Waals surface area contributed by atoms with Gasteiger partial charge < -0.3 is 10.0 Å². The summed E-state index contributed by atoms with van der Waals surface area (Å²) < 4.78 is 38.0. The fourth-order valence-electron chi connectivity index (χ4n) is 2.26. The van der Waals surface area contributed by atoms with Crippen LogP contribution in [0.15, 0.2) is 18.3 Å². The second-order valence-corrected chi connectivity index (χ2v) is 4.94. The zero-order chi connectivity index (χ0) is 15.6. The number of aromatic nitrogens is 1. The van der Waals surface area contributed by atoms with Gasteiger partial charge in [0.05, 0.1) is 5.56 Å². The maximum absolute atomic E-state index is 12.7. The van der Waals surface area contributed by atoms with E-state index in [-0.39, 0.29) is 5.82 Å². The number of pyridine rings is 1. The zero-order valence-electron chi connectivity index (χ0n) is 11.5. The standard InChI is InChI=1S/C13H16F3N3O2/c1-9(12(20)21)18-4-6-19(7-5-18)11-8-10(2-3-17-11)13(14,15)16/h2-3,8-9H,4-7H2,1H3,(H,20,21). The molecule has 1 saturated heterocycles. The van der Waals surface area contributed by atoms with Gasteiger partial charge in [-0.05, 0) is 19.1 Å². The molecule has 2 heterocycles. The van der Waals surface area contributed by atoms with E-state index in [0.29, 0.717) is 26.2 Å². The lowest BCUT2D eigenvalue weighted by Gasteiger charge is -2.37. The van der Waals surface area contributed by atoms with Gasteiger partial charge >= 0.3 is 12.1 Å². The molecule has 0 saturated carbocycles. The topological polar surface area (TPSA) is 56.7 Å². The summed E-state index contributed by atoms with van der Waals surface area (Å²) in [5.74, 6) is -0.631. The van der Waals surface area contributed by atoms with E-state index in [9.17, 15) is 18.0 Å². The quantitative estimate of drug-likeness (QED) is 0.921. The number of rotatable bonds is 3. The summed E-state index contributed by atoms with van der Waals surface area (Å²) in [5, 5.41) is 8.95. The molecule has 5 nitrogen and oxygen atoms in total. The molecule has 0 spiro atoms. The number of alkyl halides is 3. The minimum atomic E-state index is -4.39. The highest BCUT2D eigenvalue weighted by molar-refractivity contribution is 5.72. The van der Waals surface area contributed by atoms with Crippen molar-refractivity contribution in [3.63, 3.8) is 0 Å². The first-order chi connectivity index (χ1) is 9.79. The summed E-state index contributed by atoms with van der Waals surface area (Å²) in [5.41, 5.74) is -0.728. The van der Waals surface area contributed by atoms with Crippen molar-refractivity contribution in [2.45, 2.75) is 19.1 Å². The summed E-state index contributed by atoms with van der Waals surface area (Å²) in [6.07, 6.45) is -3.25. The molecule has 1 N–H and O–H groups in total. The predicted molar refractivity (Wildman–Crippen MR) is 70.1 cm³/mol. The van der Waals surface area contributed by atoms with Gasteiger partial charge in [-0.25, -0.2) is 4.98 Å². The number of carboxylic acids is 1. The first kappa shape index (κ1) is 15.6. The van der Waals surface area contributed by atoms with E-state index in [1.54, 1.807) is 16.7 Å². The molecular formula is C13H16F3N3O2. The monoisotopic (exact) mass is 303 g/mol. The normalized spacial score (nSPS) is 18.6. The Balaban J connectivity index is 2.04. The molecular weight excluding hydrogens is 287 g/mol. The lowest BCUT2D eigenvalue weighted by molar-refractivity contribution is -0.142. The number of anilines is 1. The maximum Gasteiger partial charge on any atom is 0.416 e. The molecule has 1 atom stereocenters. The van der Waals surface area contributed by atoms with Gasteiger partial charge in [0.25, 0.3) is 0 Å². The van der Waals surface area contributed by atoms with Crippen LogP contribution in [-0.4, -0.2) is 53.2 Å². The molecule has 1 aliphatic rings. The average Bonchev–Trinajstić information content (AvgIpc) is 2.46. The third-order valence-electron chi connectivity index (χ3n) is 3.62. The van der Waals surface area contributed by atoms with Crippen LogP contribution in [0.4, 0.5) is 19.0 Å². The Labute approximate surface area is 120 Å². The molecule has 0 aromatic carbocycles. The Hall–Kier alpha value is -1.83. The van der Waals surface area contributed by atoms with Crippen LogP contribution in [0.2, 0.25) is 0 Å². The van der Waals surface area contributed by atoms with Crippen molar-refractivity contribution in [1.82, 2.24) is 9.88 Å². The smallest absolute Gasteiger partial charge is 0.416 e. The van der Waals surface area contributed by atoms with Crippen molar-refractivity contribution >= 4 is 11.8 Å². The van der Waals surface area contributed by atoms with Crippen molar-refractivity contribution in [2.24, 2.45) is 0 Å². The van der Waals surface area contributed by atoms with E-state index in [2.05, 4.69) is 4.98 Å². The molecule has 0 bridgehead atoms. The van der Waals surface area contributed by atoms with Crippen LogP contribution in [0.25, 0.3) is 0 Å². The fourth-order valence-corrected chi connectivity index (χ4v) is 2.26. The summed E-state index contributed by atoms with van der Waals surface area (Å²) in [6, 6.07) is 1.37. The van der Waals surface area contributed by atoms with Gasteiger partial charge in [0, 0.05) is 32.4 Å². The fraction of sp³-hybridized carbons (Fsp3) is 0.538. The largest absolute Gasteiger partial charge is 0.480 e. The van der Waals surface area contributed by atoms with Gasteiger partial charge in [-0.15, -0.1) is 0 Å². The molecule has 21 heavy (non-hydrogen) atoms. The molecule has 2 rings (SSSR count). The van der Waals surface area contributed by atoms with Gasteiger partial charge in [0.15, 0.2) is 0 Å². The Morgan fingerprint density at radius 1 is 1.33 bits per heavy atom. The first-order valence-electron chi connectivity index (χ1n) is 6.54. The number of hydrogen-bond donors (Lipinski definition) is 1. The summed E-state index contributed by atoms with van der Waals surface area (Å²) >= 11 is 0. The molecule has 0 radical (unpaired) electrons. The Bertz CT molecular complexity index is 514. The van der Waals surface area contributed by atoms with Crippen LogP contribution in [0.5, 0.6) is 0 Å². The van der Waals surface area contributed by atoms with E-state index >= 15 is 0 Å². The lowest BCUT2D eigenvalue weighted by Crippen LogP contribution is -2.52. The van der Waals surface area contributed by atoms with Crippen molar-refractivity contribution in [3.05, 3.63) is 23.9 Å². The lowest BCUT2D eigenvalue weighted by atomic mass is 10.2. The van der Waals surface area contributed by atoms with Crippen molar-refractivity contribution in [3.8, 4) is 0 Å². The number of aliphatic carboxylic acids is 1. The Morgan fingerprint density at radius 2 is 1.95 bits per heavy atom. The van der Waals surface area contributed by atoms with Crippen LogP contribution in [0, 0.1) is 0 Å². The highest BCUT2D eigenvalue weighted by atomic mass is 19.4. The van der Waals surface area contributed by atoms with E-state index in [1.807, 2.05) is 0 Å². The number of hydrogen-bond acceptors (Lipinski definition) is 4. The van der Waals surface area contributed by atoms with E-state index in [4.69, 9.17) is 5.11 Å². The SMILES string of the molecule is CC(C(=O)O)N1CCN(c2cc(C(F)(F)F)ccn2)CC1. The molecule has 1 fully saturated rings. The predicted octanol–water partition coefficient (Wildman–Crippen LogP) is 1.70. The molecule has 8 heteroatoms. The van der Waals surface area contributed by atoms with Crippen molar-refractivity contribution in [1.29, 1.82) is 0 Å². The molecule has 1 aromatic heterocycles. The maximum atomic E-state index is 12.7. The highest BCUT2D eigenvalue weighted by Crippen LogP contribution is 2.30. The molecule has 1 unspecified atom stereocenters. The zero-order valence-corrected chi connectivity index (χ0v) is 11.5. The van der Waals surface area contributed by atoms with Crippen molar-refractivity contribution < 1.29 is 23.1 Å². The molecule has 1 aromatic rings. The van der Waals surface area contributed by atoms with E-state index in [1.165, 1.54) is 0 Å². The van der Waals surface area contributed by atoms with Crippen LogP contribution < -0.4 is 4.90 Å². The van der Waals surface area contributed by atoms with Crippen LogP contribution >= 0.6 is 0 Å². The molecule has 1 aliphatic heterocycles. The third kappa shape index (κ3) is 3.63. The van der Waals surface area contributed by atoms with E-state index < -0.39 is 23.8 Å². The van der Waals surface area contributed by atoms with Crippen LogP contribution in [0.3, 0.4) is 0 Å². The number of piperazine rings is 1. The minimum absolute atomic E-state index is 0.271. The van der Waals surface area contributed by atoms with E-state index in [0.717, 1.165) is 18.3 Å². The Kier molecular flexibility index (Phi) is 4.36. The molecule has 0 aliphatic carbocycles. The number of nitrogens with zero attached hydrogens (tertiary/aromatic N) is 3. The van der Waals surface area contributed by atoms with Crippen molar-refractivity contribution in [2.75, 3.05) is 31.1 Å².